The molecule has 0 atom stereocenters. The highest BCUT2D eigenvalue weighted by Crippen LogP contribution is 2.35. The van der Waals surface area contributed by atoms with Crippen LogP contribution >= 0.6 is 11.3 Å². The van der Waals surface area contributed by atoms with Crippen LogP contribution in [0.4, 0.5) is 0 Å². The molecular formula is C22H21NO6S2. The Morgan fingerprint density at radius 2 is 1.77 bits per heavy atom. The Kier molecular flexibility index (Phi) is 5.45. The van der Waals surface area contributed by atoms with E-state index in [1.807, 2.05) is 39.0 Å². The van der Waals surface area contributed by atoms with Crippen LogP contribution in [0.2, 0.25) is 0 Å². The lowest BCUT2D eigenvalue weighted by molar-refractivity contribution is -0.0103. The average molecular weight is 460 g/mol. The summed E-state index contributed by atoms with van der Waals surface area (Å²) in [5.74, 6) is -1.77. The highest BCUT2D eigenvalue weighted by atomic mass is 32.2. The molecule has 1 aliphatic rings. The smallest absolute Gasteiger partial charge is 0.288 e. The maximum atomic E-state index is 13.1. The Morgan fingerprint density at radius 1 is 1.03 bits per heavy atom. The highest BCUT2D eigenvalue weighted by molar-refractivity contribution is 7.86. The normalized spacial score (nSPS) is 14.3. The molecule has 0 radical (unpaired) electrons. The van der Waals surface area contributed by atoms with Crippen LogP contribution in [0.5, 0.6) is 0 Å². The molecular weight excluding hydrogens is 438 g/mol. The Labute approximate surface area is 183 Å². The minimum atomic E-state index is -4.09. The summed E-state index contributed by atoms with van der Waals surface area (Å²) in [6.07, 6.45) is 0.968. The molecule has 2 aromatic carbocycles. The first-order chi connectivity index (χ1) is 14.6. The monoisotopic (exact) mass is 459 g/mol. The molecule has 31 heavy (non-hydrogen) atoms. The van der Waals surface area contributed by atoms with Crippen LogP contribution in [0.25, 0.3) is 20.2 Å². The van der Waals surface area contributed by atoms with Crippen molar-refractivity contribution in [1.82, 2.24) is 5.06 Å². The molecule has 3 aromatic rings. The molecule has 9 heteroatoms. The predicted molar refractivity (Wildman–Crippen MR) is 120 cm³/mol. The third-order valence-electron chi connectivity index (χ3n) is 5.28. The van der Waals surface area contributed by atoms with Crippen LogP contribution in [-0.2, 0) is 14.4 Å². The molecule has 0 saturated heterocycles. The number of benzene rings is 2. The van der Waals surface area contributed by atoms with E-state index in [4.69, 9.17) is 4.28 Å². The maximum Gasteiger partial charge on any atom is 0.288 e. The molecule has 0 aliphatic carbocycles. The number of hydrogen-bond acceptors (Lipinski definition) is 7. The molecule has 4 rings (SSSR count). The van der Waals surface area contributed by atoms with Gasteiger partial charge in [-0.05, 0) is 42.2 Å². The van der Waals surface area contributed by atoms with Crippen molar-refractivity contribution in [3.8, 4) is 0 Å². The van der Waals surface area contributed by atoms with Crippen molar-refractivity contribution in [3.63, 3.8) is 0 Å². The lowest BCUT2D eigenvalue weighted by atomic mass is 10.0. The van der Waals surface area contributed by atoms with E-state index in [2.05, 4.69) is 0 Å². The number of amides is 2. The van der Waals surface area contributed by atoms with E-state index in [1.165, 1.54) is 23.5 Å². The maximum absolute atomic E-state index is 13.1. The zero-order chi connectivity index (χ0) is 22.5. The first-order valence-electron chi connectivity index (χ1n) is 9.99. The molecule has 1 aliphatic heterocycles. The van der Waals surface area contributed by atoms with Crippen LogP contribution in [0.1, 0.15) is 65.8 Å². The number of carbonyl (C=O) groups excluding carboxylic acids is 2. The number of unbranched alkanes of at least 4 members (excludes halogenated alkanes) is 1. The van der Waals surface area contributed by atoms with Gasteiger partial charge in [0.05, 0.1) is 21.6 Å². The number of rotatable bonds is 6. The van der Waals surface area contributed by atoms with E-state index >= 15 is 0 Å². The van der Waals surface area contributed by atoms with E-state index < -0.39 is 21.9 Å². The average Bonchev–Trinajstić information content (AvgIpc) is 2.97. The van der Waals surface area contributed by atoms with Crippen molar-refractivity contribution >= 4 is 53.4 Å². The number of nitrogens with zero attached hydrogens (tertiary/aromatic N) is 1. The van der Waals surface area contributed by atoms with E-state index in [9.17, 15) is 22.8 Å². The fraction of sp³-hybridized carbons (Fsp3) is 0.318. The lowest BCUT2D eigenvalue weighted by Gasteiger charge is -2.12. The fourth-order valence-electron chi connectivity index (χ4n) is 3.53. The van der Waals surface area contributed by atoms with Gasteiger partial charge in [0.25, 0.3) is 21.9 Å². The number of hydrogen-bond donors (Lipinski definition) is 0. The molecule has 0 bridgehead atoms. The fourth-order valence-corrected chi connectivity index (χ4v) is 5.80. The zero-order valence-corrected chi connectivity index (χ0v) is 18.9. The standard InChI is InChI=1S/C22H21NO6S2/c1-4-5-10-31(27,28)29-23-21(25)14-7-8-15-19(24)16-11-13(12(2)3)6-9-17(16)30-20(15)18(14)22(23)26/h6-9,11-12H,4-5,10H2,1-3H3. The van der Waals surface area contributed by atoms with Crippen molar-refractivity contribution in [2.75, 3.05) is 5.75 Å². The first kappa shape index (κ1) is 21.6. The molecule has 0 N–H and O–H groups in total. The van der Waals surface area contributed by atoms with Crippen molar-refractivity contribution in [1.29, 1.82) is 0 Å². The van der Waals surface area contributed by atoms with Crippen LogP contribution in [0.3, 0.4) is 0 Å². The van der Waals surface area contributed by atoms with Crippen molar-refractivity contribution < 1.29 is 22.3 Å². The summed E-state index contributed by atoms with van der Waals surface area (Å²) in [6, 6.07) is 8.51. The number of carbonyl (C=O) groups is 2. The van der Waals surface area contributed by atoms with Gasteiger partial charge >= 0.3 is 0 Å². The first-order valence-corrected chi connectivity index (χ1v) is 12.4. The molecule has 2 amide bonds. The molecule has 0 spiro atoms. The quantitative estimate of drug-likeness (QED) is 0.405. The Hall–Kier alpha value is -2.62. The SMILES string of the molecule is CCCCS(=O)(=O)ON1C(=O)c2ccc3c(=O)c4cc(C(C)C)ccc4sc3c2C1=O. The molecule has 0 unspecified atom stereocenters. The van der Waals surface area contributed by atoms with Crippen LogP contribution < -0.4 is 5.43 Å². The van der Waals surface area contributed by atoms with Crippen LogP contribution in [0.15, 0.2) is 35.1 Å². The Morgan fingerprint density at radius 3 is 2.45 bits per heavy atom. The van der Waals surface area contributed by atoms with Gasteiger partial charge in [-0.3, -0.25) is 14.4 Å². The summed E-state index contributed by atoms with van der Waals surface area (Å²) in [5.41, 5.74) is 0.826. The minimum Gasteiger partial charge on any atom is -0.289 e. The predicted octanol–water partition coefficient (Wildman–Crippen LogP) is 4.20. The third-order valence-corrected chi connectivity index (χ3v) is 7.65. The van der Waals surface area contributed by atoms with Gasteiger partial charge in [0, 0.05) is 15.5 Å². The summed E-state index contributed by atoms with van der Waals surface area (Å²) >= 11 is 1.23. The lowest BCUT2D eigenvalue weighted by Crippen LogP contribution is -2.33. The van der Waals surface area contributed by atoms with E-state index in [1.54, 1.807) is 0 Å². The second-order valence-corrected chi connectivity index (χ2v) is 10.5. The van der Waals surface area contributed by atoms with Gasteiger partial charge in [-0.1, -0.05) is 33.3 Å². The minimum absolute atomic E-state index is 0.00475. The Balaban J connectivity index is 1.86. The highest BCUT2D eigenvalue weighted by Gasteiger charge is 2.41. The number of hydroxylamine groups is 2. The van der Waals surface area contributed by atoms with Gasteiger partial charge in [-0.25, -0.2) is 0 Å². The van der Waals surface area contributed by atoms with Gasteiger partial charge < -0.3 is 0 Å². The van der Waals surface area contributed by atoms with E-state index in [0.29, 0.717) is 38.1 Å². The van der Waals surface area contributed by atoms with E-state index in [0.717, 1.165) is 5.56 Å². The van der Waals surface area contributed by atoms with Crippen molar-refractivity contribution in [2.45, 2.75) is 39.5 Å². The molecule has 0 saturated carbocycles. The van der Waals surface area contributed by atoms with Gasteiger partial charge in [-0.15, -0.1) is 20.7 Å². The van der Waals surface area contributed by atoms with Crippen molar-refractivity contribution in [2.24, 2.45) is 0 Å². The molecule has 162 valence electrons. The zero-order valence-electron chi connectivity index (χ0n) is 17.3. The largest absolute Gasteiger partial charge is 0.289 e. The van der Waals surface area contributed by atoms with Gasteiger partial charge in [0.15, 0.2) is 5.43 Å². The topological polar surface area (TPSA) is 97.8 Å². The van der Waals surface area contributed by atoms with Gasteiger partial charge in [0.1, 0.15) is 0 Å². The summed E-state index contributed by atoms with van der Waals surface area (Å²) < 4.78 is 30.2. The molecule has 7 nitrogen and oxygen atoms in total. The second kappa shape index (κ2) is 7.81. The third kappa shape index (κ3) is 3.66. The summed E-state index contributed by atoms with van der Waals surface area (Å²) in [7, 11) is -4.09. The van der Waals surface area contributed by atoms with Gasteiger partial charge in [0.2, 0.25) is 0 Å². The van der Waals surface area contributed by atoms with Crippen LogP contribution in [-0.4, -0.2) is 31.0 Å². The molecule has 2 heterocycles. The van der Waals surface area contributed by atoms with Gasteiger partial charge in [-0.2, -0.15) is 8.42 Å². The van der Waals surface area contributed by atoms with E-state index in [-0.39, 0.29) is 28.2 Å². The number of fused-ring (bicyclic) bond motifs is 4. The molecule has 1 aromatic heterocycles. The summed E-state index contributed by atoms with van der Waals surface area (Å²) in [5, 5.41) is 1.16. The van der Waals surface area contributed by atoms with Crippen molar-refractivity contribution in [3.05, 3.63) is 57.2 Å². The Bertz CT molecular complexity index is 1410. The second-order valence-electron chi connectivity index (χ2n) is 7.80. The summed E-state index contributed by atoms with van der Waals surface area (Å²) in [4.78, 5) is 38.8. The number of imide groups is 1. The van der Waals surface area contributed by atoms with Crippen LogP contribution in [0, 0.1) is 0 Å². The summed E-state index contributed by atoms with van der Waals surface area (Å²) in [6.45, 7) is 5.90. The molecule has 0 fully saturated rings.